The van der Waals surface area contributed by atoms with Gasteiger partial charge in [-0.15, -0.1) is 11.3 Å². The highest BCUT2D eigenvalue weighted by Crippen LogP contribution is 2.26. The van der Waals surface area contributed by atoms with E-state index in [0.29, 0.717) is 0 Å². The van der Waals surface area contributed by atoms with E-state index >= 15 is 0 Å². The molecule has 1 amide bonds. The first-order valence-electron chi connectivity index (χ1n) is 5.63. The lowest BCUT2D eigenvalue weighted by atomic mass is 9.80. The Hall–Kier alpha value is -1.43. The van der Waals surface area contributed by atoms with Gasteiger partial charge in [0, 0.05) is 11.1 Å². The zero-order valence-electron chi connectivity index (χ0n) is 11.0. The second-order valence-corrected chi connectivity index (χ2v) is 6.54. The van der Waals surface area contributed by atoms with Crippen molar-refractivity contribution in [2.75, 3.05) is 0 Å². The molecule has 2 N–H and O–H groups in total. The van der Waals surface area contributed by atoms with Gasteiger partial charge >= 0.3 is 5.97 Å². The van der Waals surface area contributed by atoms with Gasteiger partial charge in [-0.1, -0.05) is 20.8 Å². The molecule has 1 atom stereocenters. The fourth-order valence-electron chi connectivity index (χ4n) is 1.62. The van der Waals surface area contributed by atoms with E-state index in [1.54, 1.807) is 27.0 Å². The number of carbonyl (C=O) groups is 2. The summed E-state index contributed by atoms with van der Waals surface area (Å²) in [5, 5.41) is 12.5. The van der Waals surface area contributed by atoms with Gasteiger partial charge in [0.05, 0.1) is 6.54 Å². The maximum Gasteiger partial charge on any atom is 0.316 e. The number of carboxylic acid groups (broad SMARTS) is 1. The Kier molecular flexibility index (Phi) is 4.45. The van der Waals surface area contributed by atoms with Gasteiger partial charge in [0.2, 0.25) is 5.91 Å². The number of aliphatic carboxylic acids is 1. The molecule has 0 aliphatic carbocycles. The Balaban J connectivity index is 2.66. The quantitative estimate of drug-likeness (QED) is 0.818. The molecule has 0 saturated carbocycles. The number of aryl methyl sites for hydroxylation is 1. The van der Waals surface area contributed by atoms with Crippen molar-refractivity contribution in [3.63, 3.8) is 0 Å². The van der Waals surface area contributed by atoms with Crippen LogP contribution in [0, 0.1) is 18.3 Å². The molecule has 1 aromatic rings. The highest BCUT2D eigenvalue weighted by molar-refractivity contribution is 7.11. The fourth-order valence-corrected chi connectivity index (χ4v) is 2.35. The molecule has 1 aromatic heterocycles. The summed E-state index contributed by atoms with van der Waals surface area (Å²) >= 11 is 1.48. The van der Waals surface area contributed by atoms with E-state index in [9.17, 15) is 9.59 Å². The van der Waals surface area contributed by atoms with Crippen molar-refractivity contribution < 1.29 is 14.7 Å². The third kappa shape index (κ3) is 3.80. The number of hydrogen-bond donors (Lipinski definition) is 2. The number of amides is 1. The summed E-state index contributed by atoms with van der Waals surface area (Å²) in [5.74, 6) is -2.63. The molecule has 0 aliphatic heterocycles. The predicted molar refractivity (Wildman–Crippen MR) is 69.3 cm³/mol. The van der Waals surface area contributed by atoms with Gasteiger partial charge < -0.3 is 10.4 Å². The maximum atomic E-state index is 11.9. The van der Waals surface area contributed by atoms with Crippen molar-refractivity contribution in [1.82, 2.24) is 10.3 Å². The van der Waals surface area contributed by atoms with Crippen LogP contribution in [0.3, 0.4) is 0 Å². The summed E-state index contributed by atoms with van der Waals surface area (Å²) in [6.07, 6.45) is 1.73. The van der Waals surface area contributed by atoms with E-state index in [4.69, 9.17) is 5.11 Å². The zero-order valence-corrected chi connectivity index (χ0v) is 11.8. The molecule has 0 fully saturated rings. The van der Waals surface area contributed by atoms with Crippen LogP contribution < -0.4 is 5.32 Å². The SMILES string of the molecule is Cc1cnc(CNC(=O)C(C(=O)O)C(C)(C)C)s1. The summed E-state index contributed by atoms with van der Waals surface area (Å²) in [5.41, 5.74) is -0.616. The number of aromatic nitrogens is 1. The normalized spacial score (nSPS) is 13.1. The summed E-state index contributed by atoms with van der Waals surface area (Å²) < 4.78 is 0. The van der Waals surface area contributed by atoms with E-state index in [0.717, 1.165) is 9.88 Å². The Bertz CT molecular complexity index is 448. The van der Waals surface area contributed by atoms with Gasteiger partial charge in [0.15, 0.2) is 0 Å². The van der Waals surface area contributed by atoms with Crippen LogP contribution in [-0.2, 0) is 16.1 Å². The lowest BCUT2D eigenvalue weighted by Gasteiger charge is -2.25. The highest BCUT2D eigenvalue weighted by Gasteiger charge is 2.37. The summed E-state index contributed by atoms with van der Waals surface area (Å²) in [7, 11) is 0. The molecule has 0 radical (unpaired) electrons. The Morgan fingerprint density at radius 3 is 2.50 bits per heavy atom. The molecular weight excluding hydrogens is 252 g/mol. The summed E-state index contributed by atoms with van der Waals surface area (Å²) in [6, 6.07) is 0. The minimum absolute atomic E-state index is 0.275. The van der Waals surface area contributed by atoms with Crippen molar-refractivity contribution in [2.24, 2.45) is 11.3 Å². The lowest BCUT2D eigenvalue weighted by Crippen LogP contribution is -2.42. The van der Waals surface area contributed by atoms with E-state index in [-0.39, 0.29) is 6.54 Å². The standard InChI is InChI=1S/C12H18N2O3S/c1-7-5-13-8(18-7)6-14-10(15)9(11(16)17)12(2,3)4/h5,9H,6H2,1-4H3,(H,14,15)(H,16,17). The number of hydrogen-bond acceptors (Lipinski definition) is 4. The third-order valence-electron chi connectivity index (χ3n) is 2.46. The van der Waals surface area contributed by atoms with Crippen molar-refractivity contribution >= 4 is 23.2 Å². The van der Waals surface area contributed by atoms with Crippen LogP contribution in [0.25, 0.3) is 0 Å². The van der Waals surface area contributed by atoms with Gasteiger partial charge in [-0.05, 0) is 12.3 Å². The highest BCUT2D eigenvalue weighted by atomic mass is 32.1. The first-order chi connectivity index (χ1) is 8.21. The third-order valence-corrected chi connectivity index (χ3v) is 3.37. The van der Waals surface area contributed by atoms with Crippen molar-refractivity contribution in [1.29, 1.82) is 0 Å². The van der Waals surface area contributed by atoms with Gasteiger partial charge in [-0.2, -0.15) is 0 Å². The van der Waals surface area contributed by atoms with Crippen LogP contribution in [0.4, 0.5) is 0 Å². The smallest absolute Gasteiger partial charge is 0.316 e. The van der Waals surface area contributed by atoms with Crippen molar-refractivity contribution in [2.45, 2.75) is 34.2 Å². The van der Waals surface area contributed by atoms with Gasteiger partial charge in [0.25, 0.3) is 0 Å². The van der Waals surface area contributed by atoms with Gasteiger partial charge in [-0.3, -0.25) is 9.59 Å². The van der Waals surface area contributed by atoms with E-state index in [1.807, 2.05) is 6.92 Å². The number of nitrogens with one attached hydrogen (secondary N) is 1. The second-order valence-electron chi connectivity index (χ2n) is 5.22. The number of nitrogens with zero attached hydrogens (tertiary/aromatic N) is 1. The number of carbonyl (C=O) groups excluding carboxylic acids is 1. The minimum atomic E-state index is -1.10. The van der Waals surface area contributed by atoms with Crippen LogP contribution >= 0.6 is 11.3 Å². The molecule has 0 spiro atoms. The first-order valence-corrected chi connectivity index (χ1v) is 6.45. The largest absolute Gasteiger partial charge is 0.481 e. The molecule has 6 heteroatoms. The monoisotopic (exact) mass is 270 g/mol. The molecule has 0 saturated heterocycles. The Morgan fingerprint density at radius 1 is 1.50 bits per heavy atom. The molecular formula is C12H18N2O3S. The molecule has 0 aromatic carbocycles. The lowest BCUT2D eigenvalue weighted by molar-refractivity contribution is -0.151. The predicted octanol–water partition coefficient (Wildman–Crippen LogP) is 1.81. The molecule has 1 rings (SSSR count). The Labute approximate surface area is 110 Å². The first kappa shape index (κ1) is 14.6. The maximum absolute atomic E-state index is 11.9. The van der Waals surface area contributed by atoms with Crippen LogP contribution in [0.15, 0.2) is 6.20 Å². The minimum Gasteiger partial charge on any atom is -0.481 e. The van der Waals surface area contributed by atoms with E-state index in [1.165, 1.54) is 11.3 Å². The van der Waals surface area contributed by atoms with Gasteiger partial charge in [-0.25, -0.2) is 4.98 Å². The van der Waals surface area contributed by atoms with Crippen LogP contribution in [-0.4, -0.2) is 22.0 Å². The average molecular weight is 270 g/mol. The van der Waals surface area contributed by atoms with Crippen LogP contribution in [0.2, 0.25) is 0 Å². The van der Waals surface area contributed by atoms with E-state index < -0.39 is 23.2 Å². The number of carboxylic acids is 1. The summed E-state index contributed by atoms with van der Waals surface area (Å²) in [6.45, 7) is 7.41. The molecule has 1 unspecified atom stereocenters. The Morgan fingerprint density at radius 2 is 2.11 bits per heavy atom. The molecule has 0 aliphatic rings. The number of thiazole rings is 1. The molecule has 1 heterocycles. The van der Waals surface area contributed by atoms with E-state index in [2.05, 4.69) is 10.3 Å². The fraction of sp³-hybridized carbons (Fsp3) is 0.583. The molecule has 5 nitrogen and oxygen atoms in total. The number of rotatable bonds is 4. The molecule has 100 valence electrons. The van der Waals surface area contributed by atoms with Gasteiger partial charge in [0.1, 0.15) is 10.9 Å². The average Bonchev–Trinajstić information content (AvgIpc) is 2.58. The topological polar surface area (TPSA) is 79.3 Å². The molecule has 18 heavy (non-hydrogen) atoms. The van der Waals surface area contributed by atoms with Crippen molar-refractivity contribution in [3.8, 4) is 0 Å². The second kappa shape index (κ2) is 5.48. The van der Waals surface area contributed by atoms with Crippen molar-refractivity contribution in [3.05, 3.63) is 16.1 Å². The summed E-state index contributed by atoms with van der Waals surface area (Å²) in [4.78, 5) is 28.2. The van der Waals surface area contributed by atoms with Crippen LogP contribution in [0.5, 0.6) is 0 Å². The van der Waals surface area contributed by atoms with Crippen LogP contribution in [0.1, 0.15) is 30.7 Å². The zero-order chi connectivity index (χ0) is 13.9. The molecule has 0 bridgehead atoms.